The number of hydrogen-bond donors (Lipinski definition) is 2. The molecule has 2 nitrogen and oxygen atoms in total. The highest BCUT2D eigenvalue weighted by Gasteiger charge is 2.15. The average Bonchev–Trinajstić information content (AvgIpc) is 2.16. The molecule has 70 valence electrons. The van der Waals surface area contributed by atoms with Gasteiger partial charge in [-0.05, 0) is 24.5 Å². The summed E-state index contributed by atoms with van der Waals surface area (Å²) in [6, 6.07) is 7.13. The van der Waals surface area contributed by atoms with Crippen LogP contribution in [0.5, 0.6) is 0 Å². The lowest BCUT2D eigenvalue weighted by atomic mass is 9.94. The molecule has 1 aliphatic heterocycles. The average molecular weight is 176 g/mol. The Labute approximate surface area is 79.1 Å². The lowest BCUT2D eigenvalue weighted by Gasteiger charge is -2.25. The van der Waals surface area contributed by atoms with Crippen molar-refractivity contribution in [2.75, 3.05) is 6.54 Å². The number of benzene rings is 1. The second-order valence-corrected chi connectivity index (χ2v) is 3.79. The Morgan fingerprint density at radius 1 is 1.46 bits per heavy atom. The number of hydrogen-bond acceptors (Lipinski definition) is 2. The molecule has 2 heteroatoms. The lowest BCUT2D eigenvalue weighted by molar-refractivity contribution is 0.487. The summed E-state index contributed by atoms with van der Waals surface area (Å²) in [5.41, 5.74) is 9.87. The van der Waals surface area contributed by atoms with Gasteiger partial charge in [0.1, 0.15) is 0 Å². The zero-order valence-corrected chi connectivity index (χ0v) is 8.01. The van der Waals surface area contributed by atoms with Crippen LogP contribution in [0.15, 0.2) is 18.2 Å². The monoisotopic (exact) mass is 176 g/mol. The van der Waals surface area contributed by atoms with Crippen molar-refractivity contribution in [3.8, 4) is 0 Å². The third-order valence-corrected chi connectivity index (χ3v) is 2.69. The molecule has 0 saturated carbocycles. The number of rotatable bonds is 1. The molecule has 0 aromatic heterocycles. The largest absolute Gasteiger partial charge is 0.329 e. The highest BCUT2D eigenvalue weighted by atomic mass is 14.9. The summed E-state index contributed by atoms with van der Waals surface area (Å²) in [5, 5.41) is 3.42. The summed E-state index contributed by atoms with van der Waals surface area (Å²) in [7, 11) is 0. The fraction of sp³-hybridized carbons (Fsp3) is 0.455. The smallest absolute Gasteiger partial charge is 0.0233 e. The van der Waals surface area contributed by atoms with Crippen molar-refractivity contribution in [3.63, 3.8) is 0 Å². The molecule has 1 atom stereocenters. The van der Waals surface area contributed by atoms with E-state index in [1.165, 1.54) is 16.7 Å². The molecular formula is C11H16N2. The first kappa shape index (κ1) is 8.73. The second-order valence-electron chi connectivity index (χ2n) is 3.79. The summed E-state index contributed by atoms with van der Waals surface area (Å²) >= 11 is 0. The predicted octanol–water partition coefficient (Wildman–Crippen LogP) is 0.968. The van der Waals surface area contributed by atoms with Gasteiger partial charge in [0.15, 0.2) is 0 Å². The molecule has 0 spiro atoms. The number of aryl methyl sites for hydroxylation is 1. The van der Waals surface area contributed by atoms with Gasteiger partial charge in [0.25, 0.3) is 0 Å². The van der Waals surface area contributed by atoms with Crippen LogP contribution in [0.2, 0.25) is 0 Å². The van der Waals surface area contributed by atoms with Crippen LogP contribution in [0.1, 0.15) is 16.7 Å². The van der Waals surface area contributed by atoms with Crippen LogP contribution in [0.25, 0.3) is 0 Å². The molecule has 1 unspecified atom stereocenters. The third kappa shape index (κ3) is 1.74. The molecule has 0 aliphatic carbocycles. The first-order chi connectivity index (χ1) is 6.29. The van der Waals surface area contributed by atoms with Gasteiger partial charge in [-0.1, -0.05) is 23.8 Å². The summed E-state index contributed by atoms with van der Waals surface area (Å²) in [4.78, 5) is 0. The van der Waals surface area contributed by atoms with E-state index in [1.54, 1.807) is 0 Å². The maximum absolute atomic E-state index is 5.64. The van der Waals surface area contributed by atoms with Crippen molar-refractivity contribution in [2.24, 2.45) is 5.73 Å². The zero-order chi connectivity index (χ0) is 9.26. The molecule has 0 fully saturated rings. The van der Waals surface area contributed by atoms with Crippen molar-refractivity contribution in [1.29, 1.82) is 0 Å². The van der Waals surface area contributed by atoms with Gasteiger partial charge in [-0.2, -0.15) is 0 Å². The Morgan fingerprint density at radius 2 is 2.31 bits per heavy atom. The van der Waals surface area contributed by atoms with Crippen molar-refractivity contribution < 1.29 is 0 Å². The van der Waals surface area contributed by atoms with Gasteiger partial charge >= 0.3 is 0 Å². The normalized spacial score (nSPS) is 21.2. The van der Waals surface area contributed by atoms with Crippen molar-refractivity contribution >= 4 is 0 Å². The number of nitrogens with one attached hydrogen (secondary N) is 1. The van der Waals surface area contributed by atoms with E-state index in [0.717, 1.165) is 19.5 Å². The molecule has 0 amide bonds. The maximum atomic E-state index is 5.64. The summed E-state index contributed by atoms with van der Waals surface area (Å²) < 4.78 is 0. The summed E-state index contributed by atoms with van der Waals surface area (Å²) in [6.45, 7) is 3.84. The van der Waals surface area contributed by atoms with Gasteiger partial charge in [-0.25, -0.2) is 0 Å². The molecule has 13 heavy (non-hydrogen) atoms. The van der Waals surface area contributed by atoms with E-state index in [1.807, 2.05) is 0 Å². The standard InChI is InChI=1S/C11H16N2/c1-8-2-3-9-7-13-11(6-12)5-10(9)4-8/h2-4,11,13H,5-7,12H2,1H3. The van der Waals surface area contributed by atoms with E-state index in [4.69, 9.17) is 5.73 Å². The van der Waals surface area contributed by atoms with Crippen LogP contribution >= 0.6 is 0 Å². The minimum atomic E-state index is 0.467. The molecule has 3 N–H and O–H groups in total. The van der Waals surface area contributed by atoms with Crippen LogP contribution in [0, 0.1) is 6.92 Å². The van der Waals surface area contributed by atoms with Crippen LogP contribution in [0.3, 0.4) is 0 Å². The predicted molar refractivity (Wildman–Crippen MR) is 54.6 cm³/mol. The SMILES string of the molecule is Cc1ccc2c(c1)CC(CN)NC2. The second kappa shape index (κ2) is 3.48. The fourth-order valence-electron chi connectivity index (χ4n) is 1.88. The minimum Gasteiger partial charge on any atom is -0.329 e. The van der Waals surface area contributed by atoms with E-state index in [0.29, 0.717) is 6.04 Å². The molecular weight excluding hydrogens is 160 g/mol. The Morgan fingerprint density at radius 3 is 3.08 bits per heavy atom. The van der Waals surface area contributed by atoms with Gasteiger partial charge in [0, 0.05) is 19.1 Å². The molecule has 0 saturated heterocycles. The molecule has 1 aromatic rings. The Bertz CT molecular complexity index is 307. The van der Waals surface area contributed by atoms with E-state index < -0.39 is 0 Å². The zero-order valence-electron chi connectivity index (χ0n) is 8.01. The Kier molecular flexibility index (Phi) is 2.34. The quantitative estimate of drug-likeness (QED) is 0.669. The van der Waals surface area contributed by atoms with Crippen LogP contribution in [-0.2, 0) is 13.0 Å². The van der Waals surface area contributed by atoms with Crippen LogP contribution in [0.4, 0.5) is 0 Å². The van der Waals surface area contributed by atoms with Gasteiger partial charge in [0.05, 0.1) is 0 Å². The molecule has 1 heterocycles. The van der Waals surface area contributed by atoms with Crippen molar-refractivity contribution in [2.45, 2.75) is 25.9 Å². The molecule has 0 radical (unpaired) electrons. The van der Waals surface area contributed by atoms with Crippen LogP contribution in [-0.4, -0.2) is 12.6 Å². The first-order valence-corrected chi connectivity index (χ1v) is 4.81. The fourth-order valence-corrected chi connectivity index (χ4v) is 1.88. The molecule has 1 aromatic carbocycles. The molecule has 1 aliphatic rings. The molecule has 2 rings (SSSR count). The van der Waals surface area contributed by atoms with E-state index in [9.17, 15) is 0 Å². The number of fused-ring (bicyclic) bond motifs is 1. The number of nitrogens with two attached hydrogens (primary N) is 1. The first-order valence-electron chi connectivity index (χ1n) is 4.81. The minimum absolute atomic E-state index is 0.467. The van der Waals surface area contributed by atoms with E-state index in [-0.39, 0.29) is 0 Å². The molecule has 0 bridgehead atoms. The van der Waals surface area contributed by atoms with E-state index in [2.05, 4.69) is 30.4 Å². The van der Waals surface area contributed by atoms with Crippen molar-refractivity contribution in [1.82, 2.24) is 5.32 Å². The summed E-state index contributed by atoms with van der Waals surface area (Å²) in [5.74, 6) is 0. The van der Waals surface area contributed by atoms with Gasteiger partial charge < -0.3 is 11.1 Å². The highest BCUT2D eigenvalue weighted by molar-refractivity contribution is 5.33. The van der Waals surface area contributed by atoms with Crippen LogP contribution < -0.4 is 11.1 Å². The summed E-state index contributed by atoms with van der Waals surface area (Å²) in [6.07, 6.45) is 1.08. The topological polar surface area (TPSA) is 38.0 Å². The van der Waals surface area contributed by atoms with Gasteiger partial charge in [0.2, 0.25) is 0 Å². The highest BCUT2D eigenvalue weighted by Crippen LogP contribution is 2.17. The Hall–Kier alpha value is -0.860. The van der Waals surface area contributed by atoms with Crippen molar-refractivity contribution in [3.05, 3.63) is 34.9 Å². The van der Waals surface area contributed by atoms with E-state index >= 15 is 0 Å². The Balaban J connectivity index is 2.27. The van der Waals surface area contributed by atoms with Gasteiger partial charge in [-0.3, -0.25) is 0 Å². The lowest BCUT2D eigenvalue weighted by Crippen LogP contribution is -2.40. The van der Waals surface area contributed by atoms with Gasteiger partial charge in [-0.15, -0.1) is 0 Å². The third-order valence-electron chi connectivity index (χ3n) is 2.69. The maximum Gasteiger partial charge on any atom is 0.0233 e.